The summed E-state index contributed by atoms with van der Waals surface area (Å²) in [4.78, 5) is 39.0. The van der Waals surface area contributed by atoms with Crippen LogP contribution in [-0.2, 0) is 22.6 Å². The molecular formula is C31H38N6O4. The van der Waals surface area contributed by atoms with Crippen molar-refractivity contribution >= 4 is 34.5 Å². The quantitative estimate of drug-likeness (QED) is 0.208. The number of rotatable bonds is 11. The van der Waals surface area contributed by atoms with Gasteiger partial charge in [0, 0.05) is 67.9 Å². The van der Waals surface area contributed by atoms with Crippen molar-refractivity contribution in [1.82, 2.24) is 20.2 Å². The molecule has 1 amide bonds. The number of carbonyl (C=O) groups is 2. The number of fused-ring (bicyclic) bond motifs is 2. The molecule has 5 rings (SSSR count). The number of benzene rings is 2. The number of amides is 1. The van der Waals surface area contributed by atoms with E-state index in [0.717, 1.165) is 65.6 Å². The Labute approximate surface area is 240 Å². The molecule has 0 radical (unpaired) electrons. The van der Waals surface area contributed by atoms with Crippen molar-refractivity contribution in [3.63, 3.8) is 0 Å². The lowest BCUT2D eigenvalue weighted by Gasteiger charge is -2.38. The van der Waals surface area contributed by atoms with Crippen LogP contribution in [0.4, 0.5) is 11.5 Å². The fourth-order valence-electron chi connectivity index (χ4n) is 5.66. The van der Waals surface area contributed by atoms with Crippen molar-refractivity contribution in [3.8, 4) is 11.8 Å². The minimum absolute atomic E-state index is 0.0555. The smallest absolute Gasteiger partial charge is 0.318 e. The Kier molecular flexibility index (Phi) is 8.98. The van der Waals surface area contributed by atoms with E-state index in [4.69, 9.17) is 14.7 Å². The van der Waals surface area contributed by atoms with Gasteiger partial charge in [-0.2, -0.15) is 9.97 Å². The van der Waals surface area contributed by atoms with Crippen molar-refractivity contribution < 1.29 is 19.4 Å². The zero-order chi connectivity index (χ0) is 28.8. The molecule has 3 aromatic rings. The number of likely N-dealkylation sites (N-methyl/N-ethyl adjacent to an activating group) is 1. The van der Waals surface area contributed by atoms with E-state index in [1.54, 1.807) is 11.0 Å². The molecule has 1 unspecified atom stereocenters. The van der Waals surface area contributed by atoms with Crippen LogP contribution in [0, 0.1) is 0 Å². The van der Waals surface area contributed by atoms with E-state index in [1.807, 2.05) is 31.3 Å². The van der Waals surface area contributed by atoms with Gasteiger partial charge in [0.05, 0.1) is 12.2 Å². The first-order valence-corrected chi connectivity index (χ1v) is 14.3. The number of aromatic hydroxyl groups is 1. The number of hydrogen-bond acceptors (Lipinski definition) is 9. The monoisotopic (exact) mass is 558 g/mol. The molecule has 10 heteroatoms. The number of carbonyl (C=O) groups excluding carboxylic acids is 2. The van der Waals surface area contributed by atoms with Crippen LogP contribution in [0.25, 0.3) is 10.8 Å². The summed E-state index contributed by atoms with van der Waals surface area (Å²) in [5, 5.41) is 15.8. The molecular weight excluding hydrogens is 520 g/mol. The van der Waals surface area contributed by atoms with Gasteiger partial charge in [-0.1, -0.05) is 30.8 Å². The predicted molar refractivity (Wildman–Crippen MR) is 160 cm³/mol. The number of phenolic OH excluding ortho intramolecular Hbond substituents is 1. The van der Waals surface area contributed by atoms with Crippen LogP contribution in [0.2, 0.25) is 0 Å². The van der Waals surface area contributed by atoms with Gasteiger partial charge in [-0.05, 0) is 43.8 Å². The van der Waals surface area contributed by atoms with Crippen molar-refractivity contribution in [2.45, 2.75) is 38.3 Å². The van der Waals surface area contributed by atoms with Crippen LogP contribution in [0.1, 0.15) is 30.5 Å². The lowest BCUT2D eigenvalue weighted by atomic mass is 10.0. The number of aldehydes is 1. The largest absolute Gasteiger partial charge is 0.508 e. The first kappa shape index (κ1) is 28.4. The summed E-state index contributed by atoms with van der Waals surface area (Å²) in [5.41, 5.74) is 2.96. The van der Waals surface area contributed by atoms with E-state index >= 15 is 0 Å². The van der Waals surface area contributed by atoms with Crippen molar-refractivity contribution in [2.24, 2.45) is 0 Å². The minimum Gasteiger partial charge on any atom is -0.508 e. The molecule has 10 nitrogen and oxygen atoms in total. The Bertz CT molecular complexity index is 1400. The van der Waals surface area contributed by atoms with Gasteiger partial charge in [0.2, 0.25) is 5.91 Å². The van der Waals surface area contributed by atoms with Crippen molar-refractivity contribution in [3.05, 3.63) is 60.3 Å². The Hall–Kier alpha value is -4.18. The maximum absolute atomic E-state index is 12.2. The maximum Gasteiger partial charge on any atom is 0.318 e. The fraction of sp³-hybridized carbons (Fsp3) is 0.419. The number of hydrogen-bond donors (Lipinski definition) is 2. The average Bonchev–Trinajstić information content (AvgIpc) is 3.01. The molecule has 0 bridgehead atoms. The molecule has 41 heavy (non-hydrogen) atoms. The summed E-state index contributed by atoms with van der Waals surface area (Å²) in [6.07, 6.45) is 5.17. The molecule has 2 aliphatic heterocycles. The summed E-state index contributed by atoms with van der Waals surface area (Å²) >= 11 is 0. The van der Waals surface area contributed by atoms with Gasteiger partial charge in [0.15, 0.2) is 0 Å². The molecule has 3 heterocycles. The number of unbranched alkanes of at least 4 members (excludes halogenated alkanes) is 1. The van der Waals surface area contributed by atoms with E-state index in [0.29, 0.717) is 51.8 Å². The van der Waals surface area contributed by atoms with Gasteiger partial charge in [0.1, 0.15) is 24.5 Å². The van der Waals surface area contributed by atoms with Crippen LogP contribution in [-0.4, -0.2) is 84.6 Å². The molecule has 0 aliphatic carbocycles. The third-order valence-corrected chi connectivity index (χ3v) is 7.95. The average molecular weight is 559 g/mol. The molecule has 2 N–H and O–H groups in total. The summed E-state index contributed by atoms with van der Waals surface area (Å²) in [7, 11) is 1.88. The Morgan fingerprint density at radius 1 is 1.15 bits per heavy atom. The van der Waals surface area contributed by atoms with E-state index in [-0.39, 0.29) is 17.7 Å². The lowest BCUT2D eigenvalue weighted by molar-refractivity contribution is -0.126. The van der Waals surface area contributed by atoms with Crippen LogP contribution in [0.15, 0.2) is 49.1 Å². The predicted octanol–water partition coefficient (Wildman–Crippen LogP) is 3.07. The number of nitrogens with zero attached hydrogens (tertiary/aromatic N) is 5. The topological polar surface area (TPSA) is 111 Å². The number of ether oxygens (including phenoxy) is 1. The SMILES string of the molecule is C=CC(=O)N1CCN(c2nc(OCC(CCCC=O)NC)nc3c2CCN(c2cc(O)cc4ccccc24)C3)CC1. The van der Waals surface area contributed by atoms with E-state index in [1.165, 1.54) is 6.08 Å². The second kappa shape index (κ2) is 13.0. The van der Waals surface area contributed by atoms with Gasteiger partial charge in [-0.3, -0.25) is 4.79 Å². The highest BCUT2D eigenvalue weighted by Crippen LogP contribution is 2.36. The number of aromatic nitrogens is 2. The van der Waals surface area contributed by atoms with E-state index < -0.39 is 0 Å². The van der Waals surface area contributed by atoms with Gasteiger partial charge >= 0.3 is 6.01 Å². The number of anilines is 2. The van der Waals surface area contributed by atoms with Gasteiger partial charge in [-0.25, -0.2) is 0 Å². The van der Waals surface area contributed by atoms with Crippen LogP contribution in [0.3, 0.4) is 0 Å². The van der Waals surface area contributed by atoms with Crippen LogP contribution < -0.4 is 19.9 Å². The molecule has 216 valence electrons. The molecule has 2 aromatic carbocycles. The summed E-state index contributed by atoms with van der Waals surface area (Å²) in [6, 6.07) is 12.1. The second-order valence-electron chi connectivity index (χ2n) is 10.5. The Balaban J connectivity index is 1.43. The van der Waals surface area contributed by atoms with Crippen molar-refractivity contribution in [2.75, 3.05) is 56.2 Å². The van der Waals surface area contributed by atoms with Gasteiger partial charge in [0.25, 0.3) is 0 Å². The number of nitrogens with one attached hydrogen (secondary N) is 1. The number of phenols is 1. The van der Waals surface area contributed by atoms with Crippen LogP contribution >= 0.6 is 0 Å². The first-order chi connectivity index (χ1) is 20.0. The minimum atomic E-state index is -0.0555. The molecule has 1 fully saturated rings. The van der Waals surface area contributed by atoms with E-state index in [9.17, 15) is 14.7 Å². The first-order valence-electron chi connectivity index (χ1n) is 14.3. The van der Waals surface area contributed by atoms with E-state index in [2.05, 4.69) is 27.8 Å². The Morgan fingerprint density at radius 3 is 2.71 bits per heavy atom. The molecule has 0 spiro atoms. The highest BCUT2D eigenvalue weighted by atomic mass is 16.5. The van der Waals surface area contributed by atoms with Gasteiger partial charge in [-0.15, -0.1) is 0 Å². The highest BCUT2D eigenvalue weighted by molar-refractivity contribution is 5.95. The zero-order valence-electron chi connectivity index (χ0n) is 23.6. The molecule has 0 saturated carbocycles. The third-order valence-electron chi connectivity index (χ3n) is 7.95. The summed E-state index contributed by atoms with van der Waals surface area (Å²) < 4.78 is 6.16. The fourth-order valence-corrected chi connectivity index (χ4v) is 5.66. The summed E-state index contributed by atoms with van der Waals surface area (Å²) in [5.74, 6) is 1.04. The lowest BCUT2D eigenvalue weighted by Crippen LogP contribution is -2.49. The van der Waals surface area contributed by atoms with Crippen molar-refractivity contribution in [1.29, 1.82) is 0 Å². The highest BCUT2D eigenvalue weighted by Gasteiger charge is 2.29. The van der Waals surface area contributed by atoms with Gasteiger partial charge < -0.3 is 34.7 Å². The standard InChI is InChI=1S/C31H38N6O4/c1-3-29(40)35-13-15-36(16-14-35)30-26-11-12-37(28-19-24(39)18-22-8-4-5-10-25(22)28)20-27(26)33-31(34-30)41-21-23(32-2)9-6-7-17-38/h3-5,8,10,17-19,23,32,39H,1,6-7,9,11-16,20-21H2,2H3. The molecule has 2 aliphatic rings. The Morgan fingerprint density at radius 2 is 1.95 bits per heavy atom. The molecule has 1 aromatic heterocycles. The summed E-state index contributed by atoms with van der Waals surface area (Å²) in [6.45, 7) is 7.83. The zero-order valence-corrected chi connectivity index (χ0v) is 23.6. The number of piperazine rings is 1. The third kappa shape index (κ3) is 6.43. The molecule has 1 saturated heterocycles. The maximum atomic E-state index is 12.2. The second-order valence-corrected chi connectivity index (χ2v) is 10.5. The van der Waals surface area contributed by atoms with Crippen LogP contribution in [0.5, 0.6) is 11.8 Å². The normalized spacial score (nSPS) is 15.9. The molecule has 1 atom stereocenters.